The second-order valence-corrected chi connectivity index (χ2v) is 5.48. The molecule has 0 bridgehead atoms. The van der Waals surface area contributed by atoms with E-state index in [-0.39, 0.29) is 11.6 Å². The molecule has 2 N–H and O–H groups in total. The van der Waals surface area contributed by atoms with Gasteiger partial charge in [-0.05, 0) is 30.9 Å². The van der Waals surface area contributed by atoms with Crippen molar-refractivity contribution in [3.05, 3.63) is 34.9 Å². The second kappa shape index (κ2) is 6.79. The SMILES string of the molecule is Cc1ccc(F)c(C(=O)N(C)CCC(N)C(C)C)c1F. The molecular formula is C15H22F2N2O. The molecule has 0 heterocycles. The lowest BCUT2D eigenvalue weighted by Crippen LogP contribution is -2.35. The van der Waals surface area contributed by atoms with E-state index < -0.39 is 23.1 Å². The van der Waals surface area contributed by atoms with E-state index in [2.05, 4.69) is 0 Å². The van der Waals surface area contributed by atoms with Crippen molar-refractivity contribution < 1.29 is 13.6 Å². The van der Waals surface area contributed by atoms with E-state index >= 15 is 0 Å². The quantitative estimate of drug-likeness (QED) is 0.903. The summed E-state index contributed by atoms with van der Waals surface area (Å²) in [5, 5.41) is 0. The van der Waals surface area contributed by atoms with Crippen LogP contribution in [0.5, 0.6) is 0 Å². The topological polar surface area (TPSA) is 46.3 Å². The first-order valence-electron chi connectivity index (χ1n) is 6.71. The van der Waals surface area contributed by atoms with Crippen molar-refractivity contribution in [2.75, 3.05) is 13.6 Å². The average Bonchev–Trinajstić information content (AvgIpc) is 2.39. The van der Waals surface area contributed by atoms with Gasteiger partial charge in [-0.1, -0.05) is 19.9 Å². The molecule has 0 saturated heterocycles. The van der Waals surface area contributed by atoms with Gasteiger partial charge in [0.05, 0.1) is 0 Å². The largest absolute Gasteiger partial charge is 0.341 e. The molecule has 0 aliphatic heterocycles. The van der Waals surface area contributed by atoms with Crippen molar-refractivity contribution in [3.8, 4) is 0 Å². The Morgan fingerprint density at radius 1 is 1.35 bits per heavy atom. The molecular weight excluding hydrogens is 262 g/mol. The summed E-state index contributed by atoms with van der Waals surface area (Å²) in [6, 6.07) is 2.38. The summed E-state index contributed by atoms with van der Waals surface area (Å²) in [5.41, 5.74) is 5.66. The number of carbonyl (C=O) groups excluding carboxylic acids is 1. The van der Waals surface area contributed by atoms with Gasteiger partial charge in [-0.25, -0.2) is 8.78 Å². The van der Waals surface area contributed by atoms with Crippen LogP contribution in [-0.2, 0) is 0 Å². The van der Waals surface area contributed by atoms with Gasteiger partial charge in [0.15, 0.2) is 0 Å². The molecule has 1 amide bonds. The first-order chi connectivity index (χ1) is 9.25. The van der Waals surface area contributed by atoms with E-state index in [1.54, 1.807) is 0 Å². The van der Waals surface area contributed by atoms with Crippen molar-refractivity contribution in [3.63, 3.8) is 0 Å². The summed E-state index contributed by atoms with van der Waals surface area (Å²) in [6.45, 7) is 5.85. The lowest BCUT2D eigenvalue weighted by Gasteiger charge is -2.22. The van der Waals surface area contributed by atoms with Crippen LogP contribution in [0.2, 0.25) is 0 Å². The molecule has 1 unspecified atom stereocenters. The smallest absolute Gasteiger partial charge is 0.259 e. The Hall–Kier alpha value is -1.49. The monoisotopic (exact) mass is 284 g/mol. The molecule has 1 aromatic carbocycles. The molecule has 20 heavy (non-hydrogen) atoms. The molecule has 1 atom stereocenters. The van der Waals surface area contributed by atoms with E-state index in [1.165, 1.54) is 24.9 Å². The molecule has 112 valence electrons. The predicted molar refractivity (Wildman–Crippen MR) is 75.5 cm³/mol. The van der Waals surface area contributed by atoms with E-state index in [4.69, 9.17) is 5.73 Å². The summed E-state index contributed by atoms with van der Waals surface area (Å²) in [7, 11) is 1.52. The Labute approximate surface area is 118 Å². The Morgan fingerprint density at radius 2 is 1.95 bits per heavy atom. The highest BCUT2D eigenvalue weighted by atomic mass is 19.1. The van der Waals surface area contributed by atoms with Crippen LogP contribution >= 0.6 is 0 Å². The van der Waals surface area contributed by atoms with E-state index in [0.29, 0.717) is 18.9 Å². The van der Waals surface area contributed by atoms with Gasteiger partial charge in [-0.3, -0.25) is 4.79 Å². The third kappa shape index (κ3) is 3.76. The molecule has 0 aliphatic rings. The predicted octanol–water partition coefficient (Wildman–Crippen LogP) is 2.72. The van der Waals surface area contributed by atoms with Crippen molar-refractivity contribution in [2.45, 2.75) is 33.2 Å². The van der Waals surface area contributed by atoms with Gasteiger partial charge >= 0.3 is 0 Å². The zero-order chi connectivity index (χ0) is 15.4. The molecule has 1 rings (SSSR count). The Morgan fingerprint density at radius 3 is 2.50 bits per heavy atom. The zero-order valence-corrected chi connectivity index (χ0v) is 12.4. The standard InChI is InChI=1S/C15H22F2N2O/c1-9(2)12(18)7-8-19(4)15(20)13-11(16)6-5-10(3)14(13)17/h5-6,9,12H,7-8,18H2,1-4H3. The van der Waals surface area contributed by atoms with Gasteiger partial charge < -0.3 is 10.6 Å². The van der Waals surface area contributed by atoms with Gasteiger partial charge in [-0.15, -0.1) is 0 Å². The van der Waals surface area contributed by atoms with Crippen LogP contribution in [0.1, 0.15) is 36.2 Å². The highest BCUT2D eigenvalue weighted by Gasteiger charge is 2.22. The van der Waals surface area contributed by atoms with Crippen LogP contribution in [0.4, 0.5) is 8.78 Å². The number of nitrogens with two attached hydrogens (primary N) is 1. The normalized spacial score (nSPS) is 12.6. The molecule has 0 saturated carbocycles. The van der Waals surface area contributed by atoms with Crippen LogP contribution in [0.3, 0.4) is 0 Å². The van der Waals surface area contributed by atoms with Crippen molar-refractivity contribution in [1.29, 1.82) is 0 Å². The summed E-state index contributed by atoms with van der Waals surface area (Å²) in [6.07, 6.45) is 0.592. The molecule has 0 aromatic heterocycles. The second-order valence-electron chi connectivity index (χ2n) is 5.48. The number of hydrogen-bond acceptors (Lipinski definition) is 2. The summed E-state index contributed by atoms with van der Waals surface area (Å²) in [5.74, 6) is -1.99. The van der Waals surface area contributed by atoms with Crippen molar-refractivity contribution in [1.82, 2.24) is 4.90 Å². The van der Waals surface area contributed by atoms with Crippen LogP contribution in [0, 0.1) is 24.5 Å². The van der Waals surface area contributed by atoms with Crippen molar-refractivity contribution in [2.24, 2.45) is 11.7 Å². The van der Waals surface area contributed by atoms with Crippen LogP contribution < -0.4 is 5.73 Å². The maximum absolute atomic E-state index is 13.9. The molecule has 0 spiro atoms. The van der Waals surface area contributed by atoms with Gasteiger partial charge in [-0.2, -0.15) is 0 Å². The number of rotatable bonds is 5. The number of amides is 1. The third-order valence-corrected chi connectivity index (χ3v) is 3.50. The number of nitrogens with zero attached hydrogens (tertiary/aromatic N) is 1. The minimum Gasteiger partial charge on any atom is -0.341 e. The third-order valence-electron chi connectivity index (χ3n) is 3.50. The highest BCUT2D eigenvalue weighted by Crippen LogP contribution is 2.18. The van der Waals surface area contributed by atoms with E-state index in [9.17, 15) is 13.6 Å². The molecule has 0 fully saturated rings. The summed E-state index contributed by atoms with van der Waals surface area (Å²) < 4.78 is 27.5. The van der Waals surface area contributed by atoms with Crippen LogP contribution in [-0.4, -0.2) is 30.4 Å². The summed E-state index contributed by atoms with van der Waals surface area (Å²) in [4.78, 5) is 13.4. The van der Waals surface area contributed by atoms with Gasteiger partial charge in [0.1, 0.15) is 17.2 Å². The van der Waals surface area contributed by atoms with Crippen LogP contribution in [0.25, 0.3) is 0 Å². The lowest BCUT2D eigenvalue weighted by molar-refractivity contribution is 0.0779. The van der Waals surface area contributed by atoms with Gasteiger partial charge in [0.25, 0.3) is 5.91 Å². The van der Waals surface area contributed by atoms with Gasteiger partial charge in [0, 0.05) is 19.6 Å². The number of hydrogen-bond donors (Lipinski definition) is 1. The maximum atomic E-state index is 13.9. The molecule has 1 aromatic rings. The number of halogens is 2. The Balaban J connectivity index is 2.83. The number of benzene rings is 1. The fourth-order valence-electron chi connectivity index (χ4n) is 1.82. The summed E-state index contributed by atoms with van der Waals surface area (Å²) >= 11 is 0. The maximum Gasteiger partial charge on any atom is 0.259 e. The number of aryl methyl sites for hydroxylation is 1. The first kappa shape index (κ1) is 16.6. The molecule has 5 heteroatoms. The minimum absolute atomic E-state index is 0.0440. The zero-order valence-electron chi connectivity index (χ0n) is 12.4. The Bertz CT molecular complexity index is 489. The minimum atomic E-state index is -0.835. The molecule has 0 radical (unpaired) electrons. The van der Waals surface area contributed by atoms with Gasteiger partial charge in [0.2, 0.25) is 0 Å². The number of carbonyl (C=O) groups is 1. The lowest BCUT2D eigenvalue weighted by atomic mass is 10.0. The fraction of sp³-hybridized carbons (Fsp3) is 0.533. The average molecular weight is 284 g/mol. The first-order valence-corrected chi connectivity index (χ1v) is 6.71. The fourth-order valence-corrected chi connectivity index (χ4v) is 1.82. The molecule has 0 aliphatic carbocycles. The highest BCUT2D eigenvalue weighted by molar-refractivity contribution is 5.94. The van der Waals surface area contributed by atoms with Crippen LogP contribution in [0.15, 0.2) is 12.1 Å². The molecule has 3 nitrogen and oxygen atoms in total. The van der Waals surface area contributed by atoms with E-state index in [1.807, 2.05) is 13.8 Å². The van der Waals surface area contributed by atoms with E-state index in [0.717, 1.165) is 6.07 Å². The Kier molecular flexibility index (Phi) is 5.62. The van der Waals surface area contributed by atoms with Crippen molar-refractivity contribution >= 4 is 5.91 Å².